The molecule has 4 aromatic rings. The molecule has 33 heavy (non-hydrogen) atoms. The van der Waals surface area contributed by atoms with Crippen molar-refractivity contribution in [2.24, 2.45) is 5.10 Å². The summed E-state index contributed by atoms with van der Waals surface area (Å²) >= 11 is 0. The van der Waals surface area contributed by atoms with Crippen molar-refractivity contribution in [3.05, 3.63) is 96.3 Å². The van der Waals surface area contributed by atoms with Crippen LogP contribution in [0.1, 0.15) is 23.6 Å². The van der Waals surface area contributed by atoms with Crippen molar-refractivity contribution in [2.75, 3.05) is 13.7 Å². The first-order chi connectivity index (χ1) is 16.2. The Labute approximate surface area is 191 Å². The summed E-state index contributed by atoms with van der Waals surface area (Å²) in [5, 5.41) is 6.97. The Morgan fingerprint density at radius 2 is 1.73 bits per heavy atom. The summed E-state index contributed by atoms with van der Waals surface area (Å²) in [7, 11) is 1.63. The number of benzene rings is 3. The van der Waals surface area contributed by atoms with E-state index in [0.717, 1.165) is 33.5 Å². The van der Waals surface area contributed by atoms with Gasteiger partial charge in [-0.25, -0.2) is 15.0 Å². The molecule has 1 amide bonds. The van der Waals surface area contributed by atoms with Crippen molar-refractivity contribution in [2.45, 2.75) is 12.5 Å². The van der Waals surface area contributed by atoms with Crippen LogP contribution in [0.15, 0.2) is 90.3 Å². The zero-order valence-corrected chi connectivity index (χ0v) is 18.1. The summed E-state index contributed by atoms with van der Waals surface area (Å²) < 4.78 is 11.1. The number of amides is 1. The van der Waals surface area contributed by atoms with Crippen molar-refractivity contribution >= 4 is 22.5 Å². The highest BCUT2D eigenvalue weighted by Gasteiger charge is 2.33. The van der Waals surface area contributed by atoms with Gasteiger partial charge in [-0.15, -0.1) is 0 Å². The number of aromatic nitrogens is 2. The fraction of sp³-hybridized carbons (Fsp3) is 0.154. The highest BCUT2D eigenvalue weighted by Crippen LogP contribution is 2.33. The van der Waals surface area contributed by atoms with E-state index >= 15 is 0 Å². The molecule has 1 aliphatic heterocycles. The highest BCUT2D eigenvalue weighted by atomic mass is 16.5. The molecule has 2 heterocycles. The van der Waals surface area contributed by atoms with E-state index in [4.69, 9.17) is 9.47 Å². The highest BCUT2D eigenvalue weighted by molar-refractivity contribution is 6.03. The molecule has 1 aromatic heterocycles. The smallest absolute Gasteiger partial charge is 0.281 e. The molecular weight excluding hydrogens is 416 g/mol. The van der Waals surface area contributed by atoms with E-state index in [-0.39, 0.29) is 18.6 Å². The SMILES string of the molecule is COc1ccc(C2CC(c3ccccc3)=NN2C(=O)COc2ncnc3ccccc23)cc1. The van der Waals surface area contributed by atoms with Crippen LogP contribution in [0, 0.1) is 0 Å². The van der Waals surface area contributed by atoms with Gasteiger partial charge in [-0.05, 0) is 35.4 Å². The minimum Gasteiger partial charge on any atom is -0.497 e. The van der Waals surface area contributed by atoms with Gasteiger partial charge in [-0.2, -0.15) is 5.10 Å². The summed E-state index contributed by atoms with van der Waals surface area (Å²) in [5.41, 5.74) is 3.59. The summed E-state index contributed by atoms with van der Waals surface area (Å²) in [5.74, 6) is 0.892. The summed E-state index contributed by atoms with van der Waals surface area (Å²) in [6, 6.07) is 24.9. The van der Waals surface area contributed by atoms with E-state index in [0.29, 0.717) is 12.3 Å². The Bertz CT molecular complexity index is 1300. The first-order valence-electron chi connectivity index (χ1n) is 10.6. The van der Waals surface area contributed by atoms with E-state index in [9.17, 15) is 4.79 Å². The van der Waals surface area contributed by atoms with E-state index < -0.39 is 0 Å². The standard InChI is InChI=1S/C26H22N4O3/c1-32-20-13-11-19(12-14-20)24-15-23(18-7-3-2-4-8-18)29-30(24)25(31)16-33-26-21-9-5-6-10-22(21)27-17-28-26/h2-14,17,24H,15-16H2,1H3. The molecule has 0 N–H and O–H groups in total. The second-order valence-corrected chi connectivity index (χ2v) is 7.63. The molecule has 0 saturated carbocycles. The summed E-state index contributed by atoms with van der Waals surface area (Å²) in [6.07, 6.45) is 2.04. The maximum atomic E-state index is 13.3. The van der Waals surface area contributed by atoms with Gasteiger partial charge in [0.15, 0.2) is 6.61 Å². The topological polar surface area (TPSA) is 76.9 Å². The van der Waals surface area contributed by atoms with E-state index in [2.05, 4.69) is 15.1 Å². The van der Waals surface area contributed by atoms with Crippen molar-refractivity contribution in [1.82, 2.24) is 15.0 Å². The summed E-state index contributed by atoms with van der Waals surface area (Å²) in [4.78, 5) is 21.7. The third-order valence-electron chi connectivity index (χ3n) is 5.61. The molecule has 0 fully saturated rings. The van der Waals surface area contributed by atoms with Crippen LogP contribution in [-0.2, 0) is 4.79 Å². The number of carbonyl (C=O) groups is 1. The molecular formula is C26H22N4O3. The predicted molar refractivity (Wildman–Crippen MR) is 125 cm³/mol. The number of hydrogen-bond donors (Lipinski definition) is 0. The maximum absolute atomic E-state index is 13.3. The number of para-hydroxylation sites is 1. The number of ether oxygens (including phenoxy) is 2. The minimum absolute atomic E-state index is 0.181. The van der Waals surface area contributed by atoms with Crippen LogP contribution in [0.25, 0.3) is 10.9 Å². The van der Waals surface area contributed by atoms with Crippen LogP contribution in [0.2, 0.25) is 0 Å². The van der Waals surface area contributed by atoms with E-state index in [1.807, 2.05) is 78.9 Å². The lowest BCUT2D eigenvalue weighted by molar-refractivity contribution is -0.135. The lowest BCUT2D eigenvalue weighted by Crippen LogP contribution is -2.31. The van der Waals surface area contributed by atoms with Gasteiger partial charge in [0.05, 0.1) is 29.8 Å². The molecule has 1 unspecified atom stereocenters. The second-order valence-electron chi connectivity index (χ2n) is 7.63. The monoisotopic (exact) mass is 438 g/mol. The minimum atomic E-state index is -0.246. The first-order valence-corrected chi connectivity index (χ1v) is 10.6. The number of hydrazone groups is 1. The average Bonchev–Trinajstić information content (AvgIpc) is 3.33. The van der Waals surface area contributed by atoms with Crippen molar-refractivity contribution in [1.29, 1.82) is 0 Å². The fourth-order valence-electron chi connectivity index (χ4n) is 3.92. The van der Waals surface area contributed by atoms with Gasteiger partial charge in [-0.1, -0.05) is 54.6 Å². The Hall–Kier alpha value is -4.26. The zero-order valence-electron chi connectivity index (χ0n) is 18.1. The van der Waals surface area contributed by atoms with Gasteiger partial charge in [0.1, 0.15) is 12.1 Å². The van der Waals surface area contributed by atoms with Crippen molar-refractivity contribution in [3.63, 3.8) is 0 Å². The van der Waals surface area contributed by atoms with E-state index in [1.165, 1.54) is 11.3 Å². The number of rotatable bonds is 6. The molecule has 0 bridgehead atoms. The molecule has 0 saturated heterocycles. The van der Waals surface area contributed by atoms with Crippen LogP contribution < -0.4 is 9.47 Å². The lowest BCUT2D eigenvalue weighted by Gasteiger charge is -2.22. The molecule has 1 aliphatic rings. The second kappa shape index (κ2) is 9.08. The fourth-order valence-corrected chi connectivity index (χ4v) is 3.92. The largest absolute Gasteiger partial charge is 0.497 e. The molecule has 0 radical (unpaired) electrons. The number of methoxy groups -OCH3 is 1. The zero-order chi connectivity index (χ0) is 22.6. The number of carbonyl (C=O) groups excluding carboxylic acids is 1. The Morgan fingerprint density at radius 3 is 2.52 bits per heavy atom. The van der Waals surface area contributed by atoms with E-state index in [1.54, 1.807) is 7.11 Å². The number of hydrogen-bond acceptors (Lipinski definition) is 6. The normalized spacial score (nSPS) is 15.4. The molecule has 5 rings (SSSR count). The molecule has 1 atom stereocenters. The van der Waals surface area contributed by atoms with Gasteiger partial charge in [0, 0.05) is 6.42 Å². The predicted octanol–water partition coefficient (Wildman–Crippen LogP) is 4.40. The van der Waals surface area contributed by atoms with Gasteiger partial charge >= 0.3 is 0 Å². The Kier molecular flexibility index (Phi) is 5.68. The third kappa shape index (κ3) is 4.25. The van der Waals surface area contributed by atoms with Crippen molar-refractivity contribution in [3.8, 4) is 11.6 Å². The molecule has 0 spiro atoms. The van der Waals surface area contributed by atoms with Crippen LogP contribution in [0.5, 0.6) is 11.6 Å². The van der Waals surface area contributed by atoms with Crippen LogP contribution in [0.4, 0.5) is 0 Å². The maximum Gasteiger partial charge on any atom is 0.281 e. The lowest BCUT2D eigenvalue weighted by atomic mass is 9.98. The average molecular weight is 438 g/mol. The number of nitrogens with zero attached hydrogens (tertiary/aromatic N) is 4. The number of fused-ring (bicyclic) bond motifs is 1. The van der Waals surface area contributed by atoms with Crippen molar-refractivity contribution < 1.29 is 14.3 Å². The van der Waals surface area contributed by atoms with Crippen LogP contribution in [0.3, 0.4) is 0 Å². The van der Waals surface area contributed by atoms with Gasteiger partial charge in [-0.3, -0.25) is 4.79 Å². The molecule has 7 heteroatoms. The van der Waals surface area contributed by atoms with Gasteiger partial charge in [0.2, 0.25) is 5.88 Å². The molecule has 3 aromatic carbocycles. The van der Waals surface area contributed by atoms with Gasteiger partial charge in [0.25, 0.3) is 5.91 Å². The molecule has 7 nitrogen and oxygen atoms in total. The Balaban J connectivity index is 1.41. The Morgan fingerprint density at radius 1 is 0.970 bits per heavy atom. The third-order valence-corrected chi connectivity index (χ3v) is 5.61. The molecule has 164 valence electrons. The van der Waals surface area contributed by atoms with Crippen LogP contribution in [-0.4, -0.2) is 40.3 Å². The first kappa shape index (κ1) is 20.6. The molecule has 0 aliphatic carbocycles. The van der Waals surface area contributed by atoms with Gasteiger partial charge < -0.3 is 9.47 Å². The van der Waals surface area contributed by atoms with Crippen LogP contribution >= 0.6 is 0 Å². The quantitative estimate of drug-likeness (QED) is 0.446. The summed E-state index contributed by atoms with van der Waals surface area (Å²) in [6.45, 7) is -0.181.